The molecule has 9 heteroatoms. The summed E-state index contributed by atoms with van der Waals surface area (Å²) in [6.45, 7) is 1.25. The van der Waals surface area contributed by atoms with E-state index in [9.17, 15) is 31.9 Å². The molecule has 4 nitrogen and oxygen atoms in total. The van der Waals surface area contributed by atoms with E-state index in [0.717, 1.165) is 24.3 Å². The summed E-state index contributed by atoms with van der Waals surface area (Å²) in [7, 11) is 0. The zero-order valence-electron chi connectivity index (χ0n) is 12.5. The van der Waals surface area contributed by atoms with Crippen molar-refractivity contribution < 1.29 is 36.6 Å². The van der Waals surface area contributed by atoms with Crippen LogP contribution in [0, 0.1) is 5.41 Å². The lowest BCUT2D eigenvalue weighted by atomic mass is 10.00. The fraction of sp³-hybridized carbons (Fsp3) is 0.333. The Morgan fingerprint density at radius 2 is 1.79 bits per heavy atom. The molecule has 0 amide bonds. The fourth-order valence-electron chi connectivity index (χ4n) is 1.80. The van der Waals surface area contributed by atoms with Crippen LogP contribution in [0.1, 0.15) is 18.1 Å². The molecule has 0 radical (unpaired) electrons. The number of esters is 1. The van der Waals surface area contributed by atoms with Crippen LogP contribution in [0.4, 0.5) is 22.0 Å². The predicted molar refractivity (Wildman–Crippen MR) is 75.2 cm³/mol. The molecule has 0 spiro atoms. The summed E-state index contributed by atoms with van der Waals surface area (Å²) >= 11 is 0. The number of carbonyl (C=O) groups excluding carboxylic acids is 1. The highest BCUT2D eigenvalue weighted by molar-refractivity contribution is 6.19. The van der Waals surface area contributed by atoms with Gasteiger partial charge in [-0.05, 0) is 24.6 Å². The van der Waals surface area contributed by atoms with Crippen LogP contribution in [0.2, 0.25) is 0 Å². The van der Waals surface area contributed by atoms with E-state index >= 15 is 0 Å². The maximum absolute atomic E-state index is 12.6. The predicted octanol–water partition coefficient (Wildman–Crippen LogP) is 3.91. The molecule has 1 aromatic carbocycles. The Balaban J connectivity index is 3.05. The number of benzene rings is 1. The number of ether oxygens (including phenoxy) is 1. The van der Waals surface area contributed by atoms with Crippen LogP contribution in [0.3, 0.4) is 0 Å². The van der Waals surface area contributed by atoms with E-state index in [1.54, 1.807) is 0 Å². The first kappa shape index (κ1) is 19.6. The van der Waals surface area contributed by atoms with E-state index in [4.69, 9.17) is 5.41 Å². The molecule has 0 heterocycles. The first-order chi connectivity index (χ1) is 11.1. The van der Waals surface area contributed by atoms with Crippen LogP contribution in [0.25, 0.3) is 0 Å². The molecule has 0 aliphatic carbocycles. The third-order valence-corrected chi connectivity index (χ3v) is 2.91. The lowest BCUT2D eigenvalue weighted by Gasteiger charge is -2.12. The van der Waals surface area contributed by atoms with Crippen molar-refractivity contribution in [3.63, 3.8) is 0 Å². The number of alkyl halides is 5. The quantitative estimate of drug-likeness (QED) is 0.268. The summed E-state index contributed by atoms with van der Waals surface area (Å²) in [5, 5.41) is 17.0. The van der Waals surface area contributed by atoms with Crippen molar-refractivity contribution in [3.05, 3.63) is 46.7 Å². The second-order valence-electron chi connectivity index (χ2n) is 4.63. The highest BCUT2D eigenvalue weighted by atomic mass is 19.4. The van der Waals surface area contributed by atoms with Gasteiger partial charge in [-0.2, -0.15) is 13.2 Å². The molecule has 1 aromatic rings. The monoisotopic (exact) mass is 351 g/mol. The number of halogens is 5. The topological polar surface area (TPSA) is 70.4 Å². The van der Waals surface area contributed by atoms with Gasteiger partial charge in [-0.3, -0.25) is 0 Å². The van der Waals surface area contributed by atoms with Gasteiger partial charge >= 0.3 is 12.1 Å². The van der Waals surface area contributed by atoms with E-state index in [0.29, 0.717) is 0 Å². The summed E-state index contributed by atoms with van der Waals surface area (Å²) in [5.74, 6) is -2.91. The molecule has 0 aromatic heterocycles. The minimum atomic E-state index is -4.53. The molecule has 0 unspecified atom stereocenters. The maximum Gasteiger partial charge on any atom is 0.416 e. The van der Waals surface area contributed by atoms with Gasteiger partial charge in [-0.1, -0.05) is 12.1 Å². The van der Waals surface area contributed by atoms with Gasteiger partial charge in [0.1, 0.15) is 5.57 Å². The van der Waals surface area contributed by atoms with Crippen LogP contribution >= 0.6 is 0 Å². The van der Waals surface area contributed by atoms with E-state index in [2.05, 4.69) is 4.74 Å². The van der Waals surface area contributed by atoms with Gasteiger partial charge in [-0.15, -0.1) is 0 Å². The fourth-order valence-corrected chi connectivity index (χ4v) is 1.80. The van der Waals surface area contributed by atoms with Crippen molar-refractivity contribution in [1.82, 2.24) is 0 Å². The SMILES string of the molecule is CCOC(=O)C(C(=N)Cc1ccc(C(F)(F)F)cc1)=C(O)C(F)F. The highest BCUT2D eigenvalue weighted by Crippen LogP contribution is 2.29. The Bertz CT molecular complexity index is 636. The summed E-state index contributed by atoms with van der Waals surface area (Å²) in [6.07, 6.45) is -8.35. The van der Waals surface area contributed by atoms with Gasteiger partial charge in [0, 0.05) is 6.42 Å². The number of aliphatic hydroxyl groups is 1. The minimum absolute atomic E-state index is 0.160. The molecule has 0 bridgehead atoms. The third kappa shape index (κ3) is 5.04. The Morgan fingerprint density at radius 3 is 2.21 bits per heavy atom. The van der Waals surface area contributed by atoms with Crippen LogP contribution in [0.15, 0.2) is 35.6 Å². The van der Waals surface area contributed by atoms with Gasteiger partial charge in [0.25, 0.3) is 6.43 Å². The third-order valence-electron chi connectivity index (χ3n) is 2.91. The smallest absolute Gasteiger partial charge is 0.416 e. The Labute approximate surface area is 134 Å². The molecule has 0 saturated carbocycles. The Hall–Kier alpha value is -2.45. The zero-order valence-corrected chi connectivity index (χ0v) is 12.5. The normalized spacial score (nSPS) is 12.8. The standard InChI is InChI=1S/C15H14F5NO3/c1-2-24-14(23)11(12(22)13(16)17)10(21)7-8-3-5-9(6-4-8)15(18,19)20/h3-6,13,21-22H,2,7H2,1H3. The number of hydrogen-bond acceptors (Lipinski definition) is 4. The van der Waals surface area contributed by atoms with Crippen molar-refractivity contribution in [2.45, 2.75) is 25.9 Å². The highest BCUT2D eigenvalue weighted by Gasteiger charge is 2.30. The van der Waals surface area contributed by atoms with Crippen LogP contribution in [-0.2, 0) is 22.1 Å². The van der Waals surface area contributed by atoms with Gasteiger partial charge in [0.05, 0.1) is 17.9 Å². The molecule has 24 heavy (non-hydrogen) atoms. The van der Waals surface area contributed by atoms with Crippen molar-refractivity contribution >= 4 is 11.7 Å². The van der Waals surface area contributed by atoms with Gasteiger partial charge in [-0.25, -0.2) is 13.6 Å². The second kappa shape index (κ2) is 7.89. The van der Waals surface area contributed by atoms with E-state index in [-0.39, 0.29) is 12.2 Å². The van der Waals surface area contributed by atoms with Crippen LogP contribution in [-0.4, -0.2) is 29.8 Å². The molecule has 0 saturated heterocycles. The molecular formula is C15H14F5NO3. The molecular weight excluding hydrogens is 337 g/mol. The van der Waals surface area contributed by atoms with Crippen LogP contribution < -0.4 is 0 Å². The van der Waals surface area contributed by atoms with E-state index < -0.39 is 47.6 Å². The molecule has 0 atom stereocenters. The average molecular weight is 351 g/mol. The molecule has 0 aliphatic heterocycles. The molecule has 1 rings (SSSR count). The van der Waals surface area contributed by atoms with E-state index in [1.165, 1.54) is 6.92 Å². The second-order valence-corrected chi connectivity index (χ2v) is 4.63. The first-order valence-electron chi connectivity index (χ1n) is 6.70. The Kier molecular flexibility index (Phi) is 6.44. The van der Waals surface area contributed by atoms with Crippen molar-refractivity contribution in [2.24, 2.45) is 0 Å². The number of allylic oxidation sites excluding steroid dienone is 1. The maximum atomic E-state index is 12.6. The minimum Gasteiger partial charge on any atom is -0.506 e. The lowest BCUT2D eigenvalue weighted by Crippen LogP contribution is -2.21. The number of rotatable bonds is 6. The molecule has 0 fully saturated rings. The average Bonchev–Trinajstić information content (AvgIpc) is 2.47. The number of carbonyl (C=O) groups is 1. The zero-order chi connectivity index (χ0) is 18.5. The number of nitrogens with one attached hydrogen (secondary N) is 1. The number of aliphatic hydroxyl groups excluding tert-OH is 1. The molecule has 2 N–H and O–H groups in total. The summed E-state index contributed by atoms with van der Waals surface area (Å²) in [5.41, 5.74) is -2.41. The van der Waals surface area contributed by atoms with Crippen molar-refractivity contribution in [2.75, 3.05) is 6.61 Å². The Morgan fingerprint density at radius 1 is 1.25 bits per heavy atom. The largest absolute Gasteiger partial charge is 0.506 e. The molecule has 132 valence electrons. The van der Waals surface area contributed by atoms with Gasteiger partial charge < -0.3 is 15.3 Å². The molecule has 0 aliphatic rings. The summed E-state index contributed by atoms with van der Waals surface area (Å²) in [4.78, 5) is 11.6. The van der Waals surface area contributed by atoms with Gasteiger partial charge in [0.2, 0.25) is 0 Å². The number of hydrogen-bond donors (Lipinski definition) is 2. The van der Waals surface area contributed by atoms with Crippen LogP contribution in [0.5, 0.6) is 0 Å². The van der Waals surface area contributed by atoms with Crippen molar-refractivity contribution in [1.29, 1.82) is 5.41 Å². The van der Waals surface area contributed by atoms with Crippen molar-refractivity contribution in [3.8, 4) is 0 Å². The summed E-state index contributed by atoms with van der Waals surface area (Å²) < 4.78 is 67.2. The lowest BCUT2D eigenvalue weighted by molar-refractivity contribution is -0.138. The van der Waals surface area contributed by atoms with E-state index in [1.807, 2.05) is 0 Å². The summed E-state index contributed by atoms with van der Waals surface area (Å²) in [6, 6.07) is 3.64. The van der Waals surface area contributed by atoms with Gasteiger partial charge in [0.15, 0.2) is 5.76 Å². The first-order valence-corrected chi connectivity index (χ1v) is 6.70.